The number of benzene rings is 1. The van der Waals surface area contributed by atoms with Crippen molar-refractivity contribution in [2.75, 3.05) is 39.9 Å². The number of nitrogens with zero attached hydrogens (tertiary/aromatic N) is 2. The molecule has 2 N–H and O–H groups in total. The van der Waals surface area contributed by atoms with Crippen LogP contribution in [0.15, 0.2) is 29.4 Å². The predicted molar refractivity (Wildman–Crippen MR) is 120 cm³/mol. The second kappa shape index (κ2) is 10.4. The summed E-state index contributed by atoms with van der Waals surface area (Å²) in [5.41, 5.74) is 2.38. The molecule has 1 aliphatic heterocycles. The minimum atomic E-state index is 0. The molecule has 0 bridgehead atoms. The molecule has 1 fully saturated rings. The number of ether oxygens (including phenoxy) is 1. The van der Waals surface area contributed by atoms with E-state index in [4.69, 9.17) is 21.3 Å². The number of likely N-dealkylation sites (tertiary alicyclic amines) is 1. The Labute approximate surface area is 177 Å². The highest BCUT2D eigenvalue weighted by atomic mass is 127. The van der Waals surface area contributed by atoms with E-state index in [1.165, 1.54) is 17.4 Å². The van der Waals surface area contributed by atoms with E-state index in [-0.39, 0.29) is 24.0 Å². The highest BCUT2D eigenvalue weighted by molar-refractivity contribution is 14.0. The average Bonchev–Trinajstić information content (AvgIpc) is 3.22. The normalized spacial score (nSPS) is 17.6. The van der Waals surface area contributed by atoms with Crippen LogP contribution in [-0.4, -0.2) is 55.7 Å². The van der Waals surface area contributed by atoms with Gasteiger partial charge in [-0.15, -0.1) is 24.0 Å². The third-order valence-corrected chi connectivity index (χ3v) is 4.93. The molecule has 0 amide bonds. The lowest BCUT2D eigenvalue weighted by molar-refractivity contribution is 0.157. The van der Waals surface area contributed by atoms with Crippen LogP contribution in [0.1, 0.15) is 18.9 Å². The molecule has 3 rings (SSSR count). The van der Waals surface area contributed by atoms with E-state index >= 15 is 0 Å². The van der Waals surface area contributed by atoms with E-state index in [1.807, 2.05) is 18.2 Å². The SMILES string of the molecule is CCNC(=NCCc1c[nH]c2ccc(Cl)cc12)N1CCC(COC)C1.I. The number of H-pyrrole nitrogens is 1. The van der Waals surface area contributed by atoms with Crippen molar-refractivity contribution in [1.82, 2.24) is 15.2 Å². The molecule has 1 saturated heterocycles. The van der Waals surface area contributed by atoms with Gasteiger partial charge in [-0.25, -0.2) is 0 Å². The Kier molecular flexibility index (Phi) is 8.50. The molecule has 144 valence electrons. The number of aliphatic imine (C=N–C) groups is 1. The average molecular weight is 491 g/mol. The molecule has 0 aliphatic carbocycles. The number of aromatic nitrogens is 1. The van der Waals surface area contributed by atoms with E-state index in [9.17, 15) is 0 Å². The fourth-order valence-corrected chi connectivity index (χ4v) is 3.63. The van der Waals surface area contributed by atoms with Crippen molar-refractivity contribution in [2.45, 2.75) is 19.8 Å². The number of halogens is 2. The minimum absolute atomic E-state index is 0. The van der Waals surface area contributed by atoms with Crippen LogP contribution in [0.3, 0.4) is 0 Å². The summed E-state index contributed by atoms with van der Waals surface area (Å²) < 4.78 is 5.29. The van der Waals surface area contributed by atoms with Gasteiger partial charge in [0.25, 0.3) is 0 Å². The Morgan fingerprint density at radius 2 is 2.31 bits per heavy atom. The Balaban J connectivity index is 0.00000243. The Morgan fingerprint density at radius 3 is 3.08 bits per heavy atom. The van der Waals surface area contributed by atoms with Gasteiger partial charge in [-0.3, -0.25) is 4.99 Å². The first-order valence-electron chi connectivity index (χ1n) is 8.99. The largest absolute Gasteiger partial charge is 0.384 e. The first-order valence-corrected chi connectivity index (χ1v) is 9.36. The summed E-state index contributed by atoms with van der Waals surface area (Å²) in [6.45, 7) is 6.64. The minimum Gasteiger partial charge on any atom is -0.384 e. The Morgan fingerprint density at radius 1 is 1.46 bits per heavy atom. The van der Waals surface area contributed by atoms with Crippen LogP contribution in [0.5, 0.6) is 0 Å². The molecule has 1 atom stereocenters. The molecule has 1 aliphatic rings. The summed E-state index contributed by atoms with van der Waals surface area (Å²) in [5, 5.41) is 5.38. The van der Waals surface area contributed by atoms with Crippen molar-refractivity contribution in [1.29, 1.82) is 0 Å². The number of hydrogen-bond acceptors (Lipinski definition) is 2. The van der Waals surface area contributed by atoms with Crippen molar-refractivity contribution in [2.24, 2.45) is 10.9 Å². The van der Waals surface area contributed by atoms with Gasteiger partial charge in [0.1, 0.15) is 0 Å². The van der Waals surface area contributed by atoms with Gasteiger partial charge in [-0.1, -0.05) is 11.6 Å². The fraction of sp³-hybridized carbons (Fsp3) is 0.526. The van der Waals surface area contributed by atoms with Gasteiger partial charge in [0.05, 0.1) is 6.61 Å². The maximum Gasteiger partial charge on any atom is 0.193 e. The van der Waals surface area contributed by atoms with Gasteiger partial charge < -0.3 is 19.9 Å². The van der Waals surface area contributed by atoms with Gasteiger partial charge in [0, 0.05) is 61.3 Å². The second-order valence-corrected chi connectivity index (χ2v) is 6.98. The molecule has 2 aromatic rings. The number of hydrogen-bond donors (Lipinski definition) is 2. The summed E-state index contributed by atoms with van der Waals surface area (Å²) in [6, 6.07) is 5.96. The van der Waals surface area contributed by atoms with Crippen LogP contribution in [0.2, 0.25) is 5.02 Å². The van der Waals surface area contributed by atoms with Crippen molar-refractivity contribution in [3.63, 3.8) is 0 Å². The number of methoxy groups -OCH3 is 1. The Hall–Kier alpha value is -0.990. The van der Waals surface area contributed by atoms with Crippen LogP contribution in [-0.2, 0) is 11.2 Å². The zero-order valence-corrected chi connectivity index (χ0v) is 18.5. The molecular weight excluding hydrogens is 463 g/mol. The van der Waals surface area contributed by atoms with Crippen molar-refractivity contribution in [3.8, 4) is 0 Å². The summed E-state index contributed by atoms with van der Waals surface area (Å²) >= 11 is 6.13. The maximum atomic E-state index is 6.13. The lowest BCUT2D eigenvalue weighted by Crippen LogP contribution is -2.40. The zero-order chi connectivity index (χ0) is 17.6. The maximum absolute atomic E-state index is 6.13. The van der Waals surface area contributed by atoms with Gasteiger partial charge in [0.15, 0.2) is 5.96 Å². The van der Waals surface area contributed by atoms with Crippen LogP contribution in [0.25, 0.3) is 10.9 Å². The van der Waals surface area contributed by atoms with Gasteiger partial charge in [-0.05, 0) is 43.5 Å². The predicted octanol–water partition coefficient (Wildman–Crippen LogP) is 3.92. The molecule has 0 spiro atoms. The van der Waals surface area contributed by atoms with Crippen LogP contribution in [0.4, 0.5) is 0 Å². The van der Waals surface area contributed by atoms with E-state index in [0.29, 0.717) is 5.92 Å². The highest BCUT2D eigenvalue weighted by Crippen LogP contribution is 2.23. The second-order valence-electron chi connectivity index (χ2n) is 6.55. The van der Waals surface area contributed by atoms with E-state index < -0.39 is 0 Å². The molecule has 7 heteroatoms. The van der Waals surface area contributed by atoms with Crippen LogP contribution in [0, 0.1) is 5.92 Å². The smallest absolute Gasteiger partial charge is 0.193 e. The number of aromatic amines is 1. The molecule has 1 unspecified atom stereocenters. The molecule has 26 heavy (non-hydrogen) atoms. The fourth-order valence-electron chi connectivity index (χ4n) is 3.46. The van der Waals surface area contributed by atoms with E-state index in [2.05, 4.69) is 28.3 Å². The van der Waals surface area contributed by atoms with Crippen molar-refractivity contribution < 1.29 is 4.74 Å². The van der Waals surface area contributed by atoms with Crippen LogP contribution < -0.4 is 5.32 Å². The van der Waals surface area contributed by atoms with Gasteiger partial charge in [-0.2, -0.15) is 0 Å². The van der Waals surface area contributed by atoms with Crippen molar-refractivity contribution in [3.05, 3.63) is 35.0 Å². The number of rotatable bonds is 6. The molecule has 0 radical (unpaired) electrons. The number of nitrogens with one attached hydrogen (secondary N) is 2. The molecule has 0 saturated carbocycles. The first-order chi connectivity index (χ1) is 12.2. The monoisotopic (exact) mass is 490 g/mol. The molecule has 1 aromatic carbocycles. The zero-order valence-electron chi connectivity index (χ0n) is 15.4. The topological polar surface area (TPSA) is 52.7 Å². The summed E-state index contributed by atoms with van der Waals surface area (Å²) in [4.78, 5) is 10.5. The molecule has 1 aromatic heterocycles. The summed E-state index contributed by atoms with van der Waals surface area (Å²) in [7, 11) is 1.77. The number of guanidine groups is 1. The molecular formula is C19H28ClIN4O. The Bertz CT molecular complexity index is 733. The highest BCUT2D eigenvalue weighted by Gasteiger charge is 2.24. The lowest BCUT2D eigenvalue weighted by atomic mass is 10.1. The first kappa shape index (κ1) is 21.3. The van der Waals surface area contributed by atoms with Crippen molar-refractivity contribution >= 4 is 52.4 Å². The quantitative estimate of drug-likeness (QED) is 0.367. The third-order valence-electron chi connectivity index (χ3n) is 4.69. The number of fused-ring (bicyclic) bond motifs is 1. The standard InChI is InChI=1S/C19H27ClN4O.HI/c1-3-21-19(24-9-7-14(12-24)13-25-2)22-8-6-15-11-23-18-5-4-16(20)10-17(15)18;/h4-5,10-11,14,23H,3,6-9,12-13H2,1-2H3,(H,21,22);1H. The molecule has 2 heterocycles. The van der Waals surface area contributed by atoms with Crippen LogP contribution >= 0.6 is 35.6 Å². The van der Waals surface area contributed by atoms with E-state index in [0.717, 1.165) is 55.7 Å². The summed E-state index contributed by atoms with van der Waals surface area (Å²) in [6.07, 6.45) is 4.12. The third kappa shape index (κ3) is 5.27. The lowest BCUT2D eigenvalue weighted by Gasteiger charge is -2.21. The molecule has 5 nitrogen and oxygen atoms in total. The van der Waals surface area contributed by atoms with Gasteiger partial charge in [0.2, 0.25) is 0 Å². The van der Waals surface area contributed by atoms with Gasteiger partial charge >= 0.3 is 0 Å². The summed E-state index contributed by atoms with van der Waals surface area (Å²) in [5.74, 6) is 1.61. The van der Waals surface area contributed by atoms with E-state index in [1.54, 1.807) is 7.11 Å².